The molecule has 1 saturated heterocycles. The molecule has 1 aromatic carbocycles. The number of benzene rings is 1. The molecular weight excluding hydrogens is 269 g/mol. The SMILES string of the molecule is CN1CCN(S(=O)(=O)c2ccc(F)c(CN)c2)CC1. The second-order valence-electron chi connectivity index (χ2n) is 4.66. The summed E-state index contributed by atoms with van der Waals surface area (Å²) in [6.45, 7) is 2.29. The third-order valence-electron chi connectivity index (χ3n) is 3.34. The van der Waals surface area contributed by atoms with Crippen molar-refractivity contribution in [3.8, 4) is 0 Å². The van der Waals surface area contributed by atoms with Crippen molar-refractivity contribution in [2.75, 3.05) is 33.2 Å². The lowest BCUT2D eigenvalue weighted by molar-refractivity contribution is 0.222. The van der Waals surface area contributed by atoms with Crippen molar-refractivity contribution in [1.29, 1.82) is 0 Å². The van der Waals surface area contributed by atoms with Crippen molar-refractivity contribution in [2.24, 2.45) is 5.73 Å². The Morgan fingerprint density at radius 1 is 1.26 bits per heavy atom. The van der Waals surface area contributed by atoms with E-state index in [1.807, 2.05) is 7.05 Å². The van der Waals surface area contributed by atoms with E-state index in [2.05, 4.69) is 4.90 Å². The van der Waals surface area contributed by atoms with E-state index in [0.29, 0.717) is 26.2 Å². The van der Waals surface area contributed by atoms with Gasteiger partial charge in [0.05, 0.1) is 4.90 Å². The minimum atomic E-state index is -3.55. The molecule has 19 heavy (non-hydrogen) atoms. The standard InChI is InChI=1S/C12H18FN3O2S/c1-15-4-6-16(7-5-15)19(17,18)11-2-3-12(13)10(8-11)9-14/h2-3,8H,4-7,9,14H2,1H3. The third kappa shape index (κ3) is 2.94. The normalized spacial score (nSPS) is 18.7. The van der Waals surface area contributed by atoms with Crippen LogP contribution in [0.5, 0.6) is 0 Å². The summed E-state index contributed by atoms with van der Waals surface area (Å²) in [5, 5.41) is 0. The maximum Gasteiger partial charge on any atom is 0.243 e. The van der Waals surface area contributed by atoms with Gasteiger partial charge in [-0.2, -0.15) is 4.31 Å². The van der Waals surface area contributed by atoms with Gasteiger partial charge in [0.2, 0.25) is 10.0 Å². The summed E-state index contributed by atoms with van der Waals surface area (Å²) in [6, 6.07) is 3.77. The highest BCUT2D eigenvalue weighted by Gasteiger charge is 2.27. The Morgan fingerprint density at radius 3 is 2.47 bits per heavy atom. The van der Waals surface area contributed by atoms with E-state index >= 15 is 0 Å². The van der Waals surface area contributed by atoms with Crippen LogP contribution in [0.25, 0.3) is 0 Å². The van der Waals surface area contributed by atoms with Gasteiger partial charge in [0.1, 0.15) is 5.82 Å². The van der Waals surface area contributed by atoms with Crippen molar-refractivity contribution < 1.29 is 12.8 Å². The van der Waals surface area contributed by atoms with E-state index in [-0.39, 0.29) is 17.0 Å². The second kappa shape index (κ2) is 5.54. The Morgan fingerprint density at radius 2 is 1.89 bits per heavy atom. The van der Waals surface area contributed by atoms with Crippen LogP contribution >= 0.6 is 0 Å². The first-order valence-electron chi connectivity index (χ1n) is 6.12. The second-order valence-corrected chi connectivity index (χ2v) is 6.60. The van der Waals surface area contributed by atoms with Gasteiger partial charge in [-0.15, -0.1) is 0 Å². The van der Waals surface area contributed by atoms with Crippen molar-refractivity contribution in [1.82, 2.24) is 9.21 Å². The van der Waals surface area contributed by atoms with E-state index in [1.165, 1.54) is 16.4 Å². The van der Waals surface area contributed by atoms with Gasteiger partial charge in [0.25, 0.3) is 0 Å². The maximum absolute atomic E-state index is 13.4. The van der Waals surface area contributed by atoms with E-state index < -0.39 is 15.8 Å². The molecule has 0 bridgehead atoms. The van der Waals surface area contributed by atoms with Crippen molar-refractivity contribution in [3.63, 3.8) is 0 Å². The first-order valence-corrected chi connectivity index (χ1v) is 7.56. The molecule has 0 spiro atoms. The Hall–Kier alpha value is -1.02. The van der Waals surface area contributed by atoms with Crippen LogP contribution < -0.4 is 5.73 Å². The monoisotopic (exact) mass is 287 g/mol. The molecule has 1 heterocycles. The van der Waals surface area contributed by atoms with E-state index in [0.717, 1.165) is 6.07 Å². The highest BCUT2D eigenvalue weighted by Crippen LogP contribution is 2.20. The number of halogens is 1. The Labute approximate surface area is 112 Å². The predicted octanol–water partition coefficient (Wildman–Crippen LogP) is 0.220. The molecule has 0 radical (unpaired) electrons. The number of nitrogens with zero attached hydrogens (tertiary/aromatic N) is 2. The van der Waals surface area contributed by atoms with Gasteiger partial charge >= 0.3 is 0 Å². The lowest BCUT2D eigenvalue weighted by Gasteiger charge is -2.31. The summed E-state index contributed by atoms with van der Waals surface area (Å²) in [6.07, 6.45) is 0. The molecule has 106 valence electrons. The summed E-state index contributed by atoms with van der Waals surface area (Å²) in [5.41, 5.74) is 5.62. The zero-order chi connectivity index (χ0) is 14.0. The highest BCUT2D eigenvalue weighted by molar-refractivity contribution is 7.89. The molecule has 0 aromatic heterocycles. The molecule has 0 unspecified atom stereocenters. The molecule has 0 aliphatic carbocycles. The van der Waals surface area contributed by atoms with E-state index in [9.17, 15) is 12.8 Å². The van der Waals surface area contributed by atoms with Crippen LogP contribution in [0.2, 0.25) is 0 Å². The van der Waals surface area contributed by atoms with Crippen molar-refractivity contribution in [2.45, 2.75) is 11.4 Å². The molecule has 1 aliphatic rings. The van der Waals surface area contributed by atoms with Crippen LogP contribution in [0.15, 0.2) is 23.1 Å². The van der Waals surface area contributed by atoms with Crippen LogP contribution in [0, 0.1) is 5.82 Å². The fraction of sp³-hybridized carbons (Fsp3) is 0.500. The number of hydrogen-bond donors (Lipinski definition) is 1. The molecule has 5 nitrogen and oxygen atoms in total. The Kier molecular flexibility index (Phi) is 4.19. The summed E-state index contributed by atoms with van der Waals surface area (Å²) in [4.78, 5) is 2.18. The zero-order valence-corrected chi connectivity index (χ0v) is 11.7. The lowest BCUT2D eigenvalue weighted by Crippen LogP contribution is -2.47. The van der Waals surface area contributed by atoms with Gasteiger partial charge in [-0.25, -0.2) is 12.8 Å². The first kappa shape index (κ1) is 14.4. The summed E-state index contributed by atoms with van der Waals surface area (Å²) in [7, 11) is -1.60. The van der Waals surface area contributed by atoms with Gasteiger partial charge in [-0.05, 0) is 25.2 Å². The van der Waals surface area contributed by atoms with E-state index in [1.54, 1.807) is 0 Å². The summed E-state index contributed by atoms with van der Waals surface area (Å²) < 4.78 is 39.6. The van der Waals surface area contributed by atoms with Gasteiger partial charge < -0.3 is 10.6 Å². The third-order valence-corrected chi connectivity index (χ3v) is 5.23. The first-order chi connectivity index (χ1) is 8.95. The fourth-order valence-electron chi connectivity index (χ4n) is 2.05. The number of sulfonamides is 1. The molecule has 1 fully saturated rings. The quantitative estimate of drug-likeness (QED) is 0.863. The summed E-state index contributed by atoms with van der Waals surface area (Å²) >= 11 is 0. The zero-order valence-electron chi connectivity index (χ0n) is 10.8. The highest BCUT2D eigenvalue weighted by atomic mass is 32.2. The van der Waals surface area contributed by atoms with Crippen LogP contribution in [-0.2, 0) is 16.6 Å². The minimum Gasteiger partial charge on any atom is -0.326 e. The van der Waals surface area contributed by atoms with Gasteiger partial charge in [-0.3, -0.25) is 0 Å². The van der Waals surface area contributed by atoms with Gasteiger partial charge in [-0.1, -0.05) is 0 Å². The number of rotatable bonds is 3. The van der Waals surface area contributed by atoms with Gasteiger partial charge in [0.15, 0.2) is 0 Å². The van der Waals surface area contributed by atoms with Crippen LogP contribution in [0.4, 0.5) is 4.39 Å². The maximum atomic E-state index is 13.4. The molecule has 2 rings (SSSR count). The van der Waals surface area contributed by atoms with Crippen molar-refractivity contribution in [3.05, 3.63) is 29.6 Å². The number of hydrogen-bond acceptors (Lipinski definition) is 4. The van der Waals surface area contributed by atoms with Crippen LogP contribution in [-0.4, -0.2) is 50.8 Å². The van der Waals surface area contributed by atoms with Crippen molar-refractivity contribution >= 4 is 10.0 Å². The molecule has 1 aromatic rings. The number of piperazine rings is 1. The molecule has 1 aliphatic heterocycles. The Balaban J connectivity index is 2.29. The van der Waals surface area contributed by atoms with Crippen LogP contribution in [0.3, 0.4) is 0 Å². The Bertz CT molecular complexity index is 554. The molecule has 0 saturated carbocycles. The smallest absolute Gasteiger partial charge is 0.243 e. The molecule has 0 atom stereocenters. The predicted molar refractivity (Wildman–Crippen MR) is 70.5 cm³/mol. The largest absolute Gasteiger partial charge is 0.326 e. The minimum absolute atomic E-state index is 0.0159. The van der Waals surface area contributed by atoms with Crippen LogP contribution in [0.1, 0.15) is 5.56 Å². The molecule has 2 N–H and O–H groups in total. The lowest BCUT2D eigenvalue weighted by atomic mass is 10.2. The number of likely N-dealkylation sites (N-methyl/N-ethyl adjacent to an activating group) is 1. The molecule has 7 heteroatoms. The fourth-order valence-corrected chi connectivity index (χ4v) is 3.52. The van der Waals surface area contributed by atoms with E-state index in [4.69, 9.17) is 5.73 Å². The van der Waals surface area contributed by atoms with Gasteiger partial charge in [0, 0.05) is 38.3 Å². The molecule has 0 amide bonds. The average Bonchev–Trinajstić information content (AvgIpc) is 2.39. The molecular formula is C12H18FN3O2S. The topological polar surface area (TPSA) is 66.6 Å². The summed E-state index contributed by atoms with van der Waals surface area (Å²) in [5.74, 6) is -0.472. The number of nitrogens with two attached hydrogens (primary N) is 1. The average molecular weight is 287 g/mol.